The van der Waals surface area contributed by atoms with E-state index in [-0.39, 0.29) is 5.91 Å². The van der Waals surface area contributed by atoms with E-state index in [4.69, 9.17) is 10.8 Å². The Morgan fingerprint density at radius 3 is 2.31 bits per heavy atom. The third-order valence-corrected chi connectivity index (χ3v) is 2.36. The van der Waals surface area contributed by atoms with Crippen molar-refractivity contribution in [2.75, 3.05) is 6.54 Å². The van der Waals surface area contributed by atoms with Gasteiger partial charge in [-0.25, -0.2) is 0 Å². The zero-order valence-corrected chi connectivity index (χ0v) is 10.2. The summed E-state index contributed by atoms with van der Waals surface area (Å²) in [6.07, 6.45) is 1.07. The number of aliphatic carboxylic acids is 1. The summed E-state index contributed by atoms with van der Waals surface area (Å²) < 4.78 is 0. The molecule has 94 valence electrons. The van der Waals surface area contributed by atoms with Gasteiger partial charge in [0.2, 0.25) is 5.91 Å². The Balaban J connectivity index is 3.77. The number of nitrogens with one attached hydrogen (secondary N) is 1. The van der Waals surface area contributed by atoms with Crippen LogP contribution in [0.4, 0.5) is 0 Å². The average Bonchev–Trinajstić information content (AvgIpc) is 2.15. The Morgan fingerprint density at radius 2 is 1.88 bits per heavy atom. The molecule has 0 aliphatic carbocycles. The molecule has 0 aliphatic heterocycles. The van der Waals surface area contributed by atoms with Gasteiger partial charge in [-0.1, -0.05) is 20.8 Å². The monoisotopic (exact) mass is 230 g/mol. The van der Waals surface area contributed by atoms with Crippen molar-refractivity contribution in [2.45, 2.75) is 39.7 Å². The van der Waals surface area contributed by atoms with Gasteiger partial charge in [0.05, 0.1) is 12.0 Å². The molecule has 1 unspecified atom stereocenters. The van der Waals surface area contributed by atoms with Crippen molar-refractivity contribution >= 4 is 11.9 Å². The Bertz CT molecular complexity index is 241. The topological polar surface area (TPSA) is 92.4 Å². The summed E-state index contributed by atoms with van der Waals surface area (Å²) in [4.78, 5) is 22.0. The van der Waals surface area contributed by atoms with E-state index in [0.29, 0.717) is 25.3 Å². The van der Waals surface area contributed by atoms with Crippen molar-refractivity contribution in [3.05, 3.63) is 0 Å². The first-order valence-electron chi connectivity index (χ1n) is 5.60. The second-order valence-electron chi connectivity index (χ2n) is 4.56. The number of rotatable bonds is 7. The van der Waals surface area contributed by atoms with Crippen molar-refractivity contribution in [3.8, 4) is 0 Å². The van der Waals surface area contributed by atoms with E-state index in [0.717, 1.165) is 0 Å². The van der Waals surface area contributed by atoms with Crippen LogP contribution in [0.5, 0.6) is 0 Å². The summed E-state index contributed by atoms with van der Waals surface area (Å²) in [5.74, 6) is -1.12. The van der Waals surface area contributed by atoms with Gasteiger partial charge in [-0.05, 0) is 18.8 Å². The number of carboxylic acid groups (broad SMARTS) is 1. The Morgan fingerprint density at radius 1 is 1.31 bits per heavy atom. The largest absolute Gasteiger partial charge is 0.481 e. The standard InChI is InChI=1S/C11H22N2O3/c1-7(2)6-9(12)10(14)13-5-4-8(3)11(15)16/h7-9H,4-6,12H2,1-3H3,(H,13,14)(H,15,16)/t8?,9-/m1/s1. The highest BCUT2D eigenvalue weighted by molar-refractivity contribution is 5.81. The van der Waals surface area contributed by atoms with E-state index in [1.165, 1.54) is 0 Å². The first kappa shape index (κ1) is 14.9. The summed E-state index contributed by atoms with van der Waals surface area (Å²) >= 11 is 0. The van der Waals surface area contributed by atoms with Crippen LogP contribution in [-0.4, -0.2) is 29.6 Å². The van der Waals surface area contributed by atoms with E-state index < -0.39 is 17.9 Å². The minimum absolute atomic E-state index is 0.203. The maximum Gasteiger partial charge on any atom is 0.306 e. The summed E-state index contributed by atoms with van der Waals surface area (Å²) in [6.45, 7) is 5.97. The fourth-order valence-electron chi connectivity index (χ4n) is 1.28. The minimum atomic E-state index is -0.847. The molecule has 0 aliphatic rings. The fraction of sp³-hybridized carbons (Fsp3) is 0.818. The van der Waals surface area contributed by atoms with E-state index in [2.05, 4.69) is 5.32 Å². The van der Waals surface area contributed by atoms with E-state index in [1.807, 2.05) is 13.8 Å². The normalized spacial score (nSPS) is 14.6. The van der Waals surface area contributed by atoms with Crippen molar-refractivity contribution < 1.29 is 14.7 Å². The summed E-state index contributed by atoms with van der Waals surface area (Å²) in [6, 6.07) is -0.500. The molecule has 5 heteroatoms. The lowest BCUT2D eigenvalue weighted by Gasteiger charge is -2.14. The molecule has 0 fully saturated rings. The number of carbonyl (C=O) groups is 2. The van der Waals surface area contributed by atoms with Crippen molar-refractivity contribution in [3.63, 3.8) is 0 Å². The van der Waals surface area contributed by atoms with Gasteiger partial charge in [0, 0.05) is 6.54 Å². The number of nitrogens with two attached hydrogens (primary N) is 1. The Hall–Kier alpha value is -1.10. The van der Waals surface area contributed by atoms with Crippen LogP contribution in [0.3, 0.4) is 0 Å². The molecule has 0 heterocycles. The maximum atomic E-state index is 11.4. The van der Waals surface area contributed by atoms with Gasteiger partial charge in [0.25, 0.3) is 0 Å². The van der Waals surface area contributed by atoms with Crippen LogP contribution in [0, 0.1) is 11.8 Å². The molecule has 0 aromatic carbocycles. The molecular formula is C11H22N2O3. The second-order valence-corrected chi connectivity index (χ2v) is 4.56. The molecule has 0 aromatic heterocycles. The van der Waals surface area contributed by atoms with E-state index >= 15 is 0 Å². The van der Waals surface area contributed by atoms with Crippen LogP contribution < -0.4 is 11.1 Å². The van der Waals surface area contributed by atoms with E-state index in [1.54, 1.807) is 6.92 Å². The molecule has 0 saturated carbocycles. The zero-order valence-electron chi connectivity index (χ0n) is 10.2. The zero-order chi connectivity index (χ0) is 12.7. The predicted molar refractivity (Wildman–Crippen MR) is 61.9 cm³/mol. The van der Waals surface area contributed by atoms with Crippen LogP contribution in [0.25, 0.3) is 0 Å². The summed E-state index contributed by atoms with van der Waals surface area (Å²) in [7, 11) is 0. The molecule has 4 N–H and O–H groups in total. The van der Waals surface area contributed by atoms with Gasteiger partial charge in [-0.2, -0.15) is 0 Å². The van der Waals surface area contributed by atoms with E-state index in [9.17, 15) is 9.59 Å². The Kier molecular flexibility index (Phi) is 6.72. The van der Waals surface area contributed by atoms with Crippen LogP contribution in [-0.2, 0) is 9.59 Å². The lowest BCUT2D eigenvalue weighted by molar-refractivity contribution is -0.141. The van der Waals surface area contributed by atoms with Crippen LogP contribution in [0.1, 0.15) is 33.6 Å². The SMILES string of the molecule is CC(C)C[C@@H](N)C(=O)NCCC(C)C(=O)O. The van der Waals surface area contributed by atoms with Crippen molar-refractivity contribution in [2.24, 2.45) is 17.6 Å². The molecule has 5 nitrogen and oxygen atoms in total. The second kappa shape index (κ2) is 7.22. The van der Waals surface area contributed by atoms with Gasteiger partial charge < -0.3 is 16.2 Å². The predicted octanol–water partition coefficient (Wildman–Crippen LogP) is 0.587. The number of hydrogen-bond donors (Lipinski definition) is 3. The van der Waals surface area contributed by atoms with Gasteiger partial charge >= 0.3 is 5.97 Å². The quantitative estimate of drug-likeness (QED) is 0.596. The molecule has 1 amide bonds. The first-order valence-corrected chi connectivity index (χ1v) is 5.60. The number of carboxylic acids is 1. The van der Waals surface area contributed by atoms with Crippen LogP contribution in [0.2, 0.25) is 0 Å². The van der Waals surface area contributed by atoms with Crippen LogP contribution >= 0.6 is 0 Å². The third-order valence-electron chi connectivity index (χ3n) is 2.36. The molecule has 0 bridgehead atoms. The highest BCUT2D eigenvalue weighted by Crippen LogP contribution is 2.03. The highest BCUT2D eigenvalue weighted by atomic mass is 16.4. The smallest absolute Gasteiger partial charge is 0.306 e. The molecule has 16 heavy (non-hydrogen) atoms. The third kappa shape index (κ3) is 6.40. The number of amides is 1. The first-order chi connectivity index (χ1) is 7.34. The molecule has 2 atom stereocenters. The lowest BCUT2D eigenvalue weighted by Crippen LogP contribution is -2.42. The highest BCUT2D eigenvalue weighted by Gasteiger charge is 2.15. The Labute approximate surface area is 96.4 Å². The number of hydrogen-bond acceptors (Lipinski definition) is 3. The van der Waals surface area contributed by atoms with Gasteiger partial charge in [0.1, 0.15) is 0 Å². The summed E-state index contributed by atoms with van der Waals surface area (Å²) in [5, 5.41) is 11.3. The molecule has 0 radical (unpaired) electrons. The van der Waals surface area contributed by atoms with Gasteiger partial charge in [-0.3, -0.25) is 9.59 Å². The average molecular weight is 230 g/mol. The molecule has 0 saturated heterocycles. The molecule has 0 spiro atoms. The lowest BCUT2D eigenvalue weighted by atomic mass is 10.0. The van der Waals surface area contributed by atoms with Gasteiger partial charge in [-0.15, -0.1) is 0 Å². The molecule has 0 rings (SSSR count). The summed E-state index contributed by atoms with van der Waals surface area (Å²) in [5.41, 5.74) is 5.67. The van der Waals surface area contributed by atoms with Crippen molar-refractivity contribution in [1.29, 1.82) is 0 Å². The van der Waals surface area contributed by atoms with Crippen molar-refractivity contribution in [1.82, 2.24) is 5.32 Å². The minimum Gasteiger partial charge on any atom is -0.481 e. The van der Waals surface area contributed by atoms with Crippen LogP contribution in [0.15, 0.2) is 0 Å². The molecule has 0 aromatic rings. The fourth-order valence-corrected chi connectivity index (χ4v) is 1.28. The number of carbonyl (C=O) groups excluding carboxylic acids is 1. The maximum absolute atomic E-state index is 11.4. The molecular weight excluding hydrogens is 208 g/mol. The van der Waals surface area contributed by atoms with Gasteiger partial charge in [0.15, 0.2) is 0 Å².